The Morgan fingerprint density at radius 1 is 1.00 bits per heavy atom. The molecule has 0 saturated carbocycles. The highest BCUT2D eigenvalue weighted by Crippen LogP contribution is 2.24. The van der Waals surface area contributed by atoms with Gasteiger partial charge >= 0.3 is 6.03 Å². The van der Waals surface area contributed by atoms with Gasteiger partial charge < -0.3 is 5.32 Å². The van der Waals surface area contributed by atoms with Gasteiger partial charge in [-0.25, -0.2) is 4.79 Å². The van der Waals surface area contributed by atoms with Crippen LogP contribution in [0.2, 0.25) is 0 Å². The predicted octanol–water partition coefficient (Wildman–Crippen LogP) is 5.21. The van der Waals surface area contributed by atoms with E-state index in [9.17, 15) is 4.79 Å². The maximum Gasteiger partial charge on any atom is 0.326 e. The second-order valence-electron chi connectivity index (χ2n) is 5.54. The summed E-state index contributed by atoms with van der Waals surface area (Å²) in [6.45, 7) is 4.62. The van der Waals surface area contributed by atoms with Crippen LogP contribution in [0.3, 0.4) is 0 Å². The molecule has 0 saturated heterocycles. The molecule has 0 aliphatic rings. The van der Waals surface area contributed by atoms with Crippen molar-refractivity contribution in [3.05, 3.63) is 72.3 Å². The van der Waals surface area contributed by atoms with Crippen molar-refractivity contribution in [3.8, 4) is 0 Å². The Kier molecular flexibility index (Phi) is 4.29. The predicted molar refractivity (Wildman–Crippen MR) is 97.2 cm³/mol. The topological polar surface area (TPSA) is 32.3 Å². The van der Waals surface area contributed by atoms with E-state index in [1.165, 1.54) is 0 Å². The number of hydrogen-bond acceptors (Lipinski definition) is 1. The molecule has 0 aliphatic heterocycles. The SMILES string of the molecule is CCN(C(=O)Nc1cccc2ccccc12)c1cccc(C)c1. The molecule has 0 atom stereocenters. The zero-order chi connectivity index (χ0) is 16.2. The Morgan fingerprint density at radius 3 is 2.52 bits per heavy atom. The second-order valence-corrected chi connectivity index (χ2v) is 5.54. The van der Waals surface area contributed by atoms with E-state index in [0.717, 1.165) is 27.7 Å². The zero-order valence-corrected chi connectivity index (χ0v) is 13.4. The van der Waals surface area contributed by atoms with Crippen molar-refractivity contribution in [2.45, 2.75) is 13.8 Å². The van der Waals surface area contributed by atoms with Crippen LogP contribution in [0.1, 0.15) is 12.5 Å². The third-order valence-corrected chi connectivity index (χ3v) is 3.91. The number of anilines is 2. The van der Waals surface area contributed by atoms with E-state index in [1.807, 2.05) is 80.6 Å². The van der Waals surface area contributed by atoms with E-state index in [2.05, 4.69) is 5.32 Å². The molecule has 3 nitrogen and oxygen atoms in total. The quantitative estimate of drug-likeness (QED) is 0.708. The van der Waals surface area contributed by atoms with Crippen molar-refractivity contribution in [3.63, 3.8) is 0 Å². The average molecular weight is 304 g/mol. The van der Waals surface area contributed by atoms with E-state index >= 15 is 0 Å². The molecule has 0 unspecified atom stereocenters. The van der Waals surface area contributed by atoms with Gasteiger partial charge in [-0.05, 0) is 43.0 Å². The minimum absolute atomic E-state index is 0.116. The molecule has 0 spiro atoms. The Hall–Kier alpha value is -2.81. The van der Waals surface area contributed by atoms with Crippen LogP contribution in [0.5, 0.6) is 0 Å². The van der Waals surface area contributed by atoms with Gasteiger partial charge in [0.15, 0.2) is 0 Å². The lowest BCUT2D eigenvalue weighted by Crippen LogP contribution is -2.34. The Morgan fingerprint density at radius 2 is 1.74 bits per heavy atom. The Bertz CT molecular complexity index is 836. The summed E-state index contributed by atoms with van der Waals surface area (Å²) in [5.74, 6) is 0. The van der Waals surface area contributed by atoms with E-state index in [-0.39, 0.29) is 6.03 Å². The summed E-state index contributed by atoms with van der Waals surface area (Å²) < 4.78 is 0. The summed E-state index contributed by atoms with van der Waals surface area (Å²) in [4.78, 5) is 14.5. The third-order valence-electron chi connectivity index (χ3n) is 3.91. The molecule has 23 heavy (non-hydrogen) atoms. The van der Waals surface area contributed by atoms with Gasteiger partial charge in [0.1, 0.15) is 0 Å². The molecule has 3 heteroatoms. The van der Waals surface area contributed by atoms with Crippen LogP contribution in [0.15, 0.2) is 66.7 Å². The van der Waals surface area contributed by atoms with Crippen LogP contribution in [0.25, 0.3) is 10.8 Å². The van der Waals surface area contributed by atoms with Crippen LogP contribution < -0.4 is 10.2 Å². The van der Waals surface area contributed by atoms with Crippen LogP contribution >= 0.6 is 0 Å². The molecule has 2 amide bonds. The fraction of sp³-hybridized carbons (Fsp3) is 0.150. The number of benzene rings is 3. The van der Waals surface area contributed by atoms with Crippen LogP contribution in [0.4, 0.5) is 16.2 Å². The van der Waals surface area contributed by atoms with Gasteiger partial charge in [0.25, 0.3) is 0 Å². The third kappa shape index (κ3) is 3.19. The molecule has 1 N–H and O–H groups in total. The van der Waals surface area contributed by atoms with Crippen LogP contribution in [-0.2, 0) is 0 Å². The number of aryl methyl sites for hydroxylation is 1. The number of carbonyl (C=O) groups excluding carboxylic acids is 1. The molecule has 3 aromatic rings. The smallest absolute Gasteiger partial charge is 0.307 e. The molecule has 116 valence electrons. The van der Waals surface area contributed by atoms with E-state index < -0.39 is 0 Å². The summed E-state index contributed by atoms with van der Waals surface area (Å²) in [6, 6.07) is 21.8. The fourth-order valence-corrected chi connectivity index (χ4v) is 2.76. The number of fused-ring (bicyclic) bond motifs is 1. The molecule has 0 radical (unpaired) electrons. The Balaban J connectivity index is 1.90. The first-order valence-corrected chi connectivity index (χ1v) is 7.82. The van der Waals surface area contributed by atoms with Crippen molar-refractivity contribution >= 4 is 28.2 Å². The zero-order valence-electron chi connectivity index (χ0n) is 13.4. The maximum absolute atomic E-state index is 12.7. The number of carbonyl (C=O) groups is 1. The molecular weight excluding hydrogens is 284 g/mol. The standard InChI is InChI=1S/C20H20N2O/c1-3-22(17-11-6-8-15(2)14-17)20(23)21-19-13-7-10-16-9-4-5-12-18(16)19/h4-14H,3H2,1-2H3,(H,21,23). The van der Waals surface area contributed by atoms with Crippen LogP contribution in [-0.4, -0.2) is 12.6 Å². The van der Waals surface area contributed by atoms with Gasteiger partial charge in [-0.2, -0.15) is 0 Å². The Labute approximate surface area is 136 Å². The normalized spacial score (nSPS) is 10.5. The van der Waals surface area contributed by atoms with Crippen LogP contribution in [0, 0.1) is 6.92 Å². The first-order chi connectivity index (χ1) is 11.2. The van der Waals surface area contributed by atoms with E-state index in [0.29, 0.717) is 6.54 Å². The van der Waals surface area contributed by atoms with Crippen molar-refractivity contribution in [2.24, 2.45) is 0 Å². The summed E-state index contributed by atoms with van der Waals surface area (Å²) >= 11 is 0. The number of hydrogen-bond donors (Lipinski definition) is 1. The molecule has 0 aromatic heterocycles. The summed E-state index contributed by atoms with van der Waals surface area (Å²) in [7, 11) is 0. The van der Waals surface area contributed by atoms with E-state index in [1.54, 1.807) is 4.90 Å². The van der Waals surface area contributed by atoms with Gasteiger partial charge in [-0.3, -0.25) is 4.90 Å². The minimum atomic E-state index is -0.116. The lowest BCUT2D eigenvalue weighted by atomic mass is 10.1. The number of nitrogens with one attached hydrogen (secondary N) is 1. The molecular formula is C20H20N2O. The van der Waals surface area contributed by atoms with Gasteiger partial charge in [0, 0.05) is 17.6 Å². The lowest BCUT2D eigenvalue weighted by molar-refractivity contribution is 0.257. The van der Waals surface area contributed by atoms with Crippen molar-refractivity contribution < 1.29 is 4.79 Å². The molecule has 0 heterocycles. The maximum atomic E-state index is 12.7. The number of amides is 2. The summed E-state index contributed by atoms with van der Waals surface area (Å²) in [5, 5.41) is 5.20. The first kappa shape index (κ1) is 15.1. The second kappa shape index (κ2) is 6.53. The minimum Gasteiger partial charge on any atom is -0.307 e. The van der Waals surface area contributed by atoms with Crippen molar-refractivity contribution in [1.82, 2.24) is 0 Å². The largest absolute Gasteiger partial charge is 0.326 e. The van der Waals surface area contributed by atoms with Gasteiger partial charge in [-0.1, -0.05) is 48.5 Å². The average Bonchev–Trinajstić information content (AvgIpc) is 2.56. The number of rotatable bonds is 3. The van der Waals surface area contributed by atoms with Gasteiger partial charge in [-0.15, -0.1) is 0 Å². The van der Waals surface area contributed by atoms with E-state index in [4.69, 9.17) is 0 Å². The fourth-order valence-electron chi connectivity index (χ4n) is 2.76. The summed E-state index contributed by atoms with van der Waals surface area (Å²) in [5.41, 5.74) is 2.88. The highest BCUT2D eigenvalue weighted by atomic mass is 16.2. The lowest BCUT2D eigenvalue weighted by Gasteiger charge is -2.22. The van der Waals surface area contributed by atoms with Gasteiger partial charge in [0.2, 0.25) is 0 Å². The van der Waals surface area contributed by atoms with Gasteiger partial charge in [0.05, 0.1) is 5.69 Å². The molecule has 0 fully saturated rings. The van der Waals surface area contributed by atoms with Crippen molar-refractivity contribution in [1.29, 1.82) is 0 Å². The molecule has 0 bridgehead atoms. The monoisotopic (exact) mass is 304 g/mol. The number of nitrogens with zero attached hydrogens (tertiary/aromatic N) is 1. The molecule has 3 rings (SSSR count). The molecule has 3 aromatic carbocycles. The van der Waals surface area contributed by atoms with Crippen molar-refractivity contribution in [2.75, 3.05) is 16.8 Å². The highest BCUT2D eigenvalue weighted by Gasteiger charge is 2.15. The molecule has 0 aliphatic carbocycles. The number of urea groups is 1. The summed E-state index contributed by atoms with van der Waals surface area (Å²) in [6.07, 6.45) is 0. The first-order valence-electron chi connectivity index (χ1n) is 7.82. The highest BCUT2D eigenvalue weighted by molar-refractivity contribution is 6.07.